The fourth-order valence-electron chi connectivity index (χ4n) is 2.91. The lowest BCUT2D eigenvalue weighted by molar-refractivity contribution is -0.150. The molecule has 0 aliphatic heterocycles. The van der Waals surface area contributed by atoms with Crippen molar-refractivity contribution < 1.29 is 19.1 Å². The van der Waals surface area contributed by atoms with Crippen molar-refractivity contribution in [1.82, 2.24) is 5.32 Å². The SMILES string of the molecule is Cc1ccc(C)c(OCC(=O)OCC(=O)NC2(C#N)CCCCC2)c1. The summed E-state index contributed by atoms with van der Waals surface area (Å²) in [6.07, 6.45) is 4.18. The quantitative estimate of drug-likeness (QED) is 0.801. The first-order valence-corrected chi connectivity index (χ1v) is 8.52. The lowest BCUT2D eigenvalue weighted by atomic mass is 9.83. The number of esters is 1. The number of benzene rings is 1. The van der Waals surface area contributed by atoms with Crippen LogP contribution in [0, 0.1) is 25.2 Å². The van der Waals surface area contributed by atoms with Crippen LogP contribution in [0.25, 0.3) is 0 Å². The van der Waals surface area contributed by atoms with E-state index >= 15 is 0 Å². The molecule has 0 atom stereocenters. The molecule has 6 nitrogen and oxygen atoms in total. The van der Waals surface area contributed by atoms with Gasteiger partial charge in [0.05, 0.1) is 6.07 Å². The maximum Gasteiger partial charge on any atom is 0.344 e. The second-order valence-corrected chi connectivity index (χ2v) is 6.52. The Morgan fingerprint density at radius 1 is 1.20 bits per heavy atom. The molecule has 6 heteroatoms. The first-order chi connectivity index (χ1) is 11.9. The van der Waals surface area contributed by atoms with Crippen LogP contribution in [0.3, 0.4) is 0 Å². The number of nitrogens with one attached hydrogen (secondary N) is 1. The van der Waals surface area contributed by atoms with Crippen LogP contribution in [0.5, 0.6) is 5.75 Å². The fraction of sp³-hybridized carbons (Fsp3) is 0.526. The van der Waals surface area contributed by atoms with Gasteiger partial charge in [-0.3, -0.25) is 4.79 Å². The average molecular weight is 344 g/mol. The number of nitriles is 1. The normalized spacial score (nSPS) is 15.7. The van der Waals surface area contributed by atoms with Gasteiger partial charge in [-0.15, -0.1) is 0 Å². The van der Waals surface area contributed by atoms with E-state index < -0.39 is 24.0 Å². The van der Waals surface area contributed by atoms with Gasteiger partial charge in [0.25, 0.3) is 5.91 Å². The molecule has 1 saturated carbocycles. The Bertz CT molecular complexity index is 672. The topological polar surface area (TPSA) is 88.4 Å². The van der Waals surface area contributed by atoms with E-state index in [-0.39, 0.29) is 6.61 Å². The summed E-state index contributed by atoms with van der Waals surface area (Å²) in [5, 5.41) is 12.0. The van der Waals surface area contributed by atoms with Crippen molar-refractivity contribution >= 4 is 11.9 Å². The molecule has 1 aromatic carbocycles. The Morgan fingerprint density at radius 3 is 2.60 bits per heavy atom. The minimum Gasteiger partial charge on any atom is -0.482 e. The van der Waals surface area contributed by atoms with E-state index in [2.05, 4.69) is 11.4 Å². The first-order valence-electron chi connectivity index (χ1n) is 8.52. The number of hydrogen-bond donors (Lipinski definition) is 1. The van der Waals surface area contributed by atoms with Gasteiger partial charge in [0.1, 0.15) is 11.3 Å². The van der Waals surface area contributed by atoms with E-state index in [1.54, 1.807) is 0 Å². The average Bonchev–Trinajstić information content (AvgIpc) is 2.61. The molecule has 0 spiro atoms. The van der Waals surface area contributed by atoms with Crippen molar-refractivity contribution in [2.45, 2.75) is 51.5 Å². The third-order valence-electron chi connectivity index (χ3n) is 4.35. The molecule has 0 heterocycles. The Morgan fingerprint density at radius 2 is 1.92 bits per heavy atom. The highest BCUT2D eigenvalue weighted by Gasteiger charge is 2.33. The highest BCUT2D eigenvalue weighted by atomic mass is 16.6. The Balaban J connectivity index is 1.76. The molecule has 1 aromatic rings. The first kappa shape index (κ1) is 18.8. The minimum atomic E-state index is -0.823. The number of carbonyl (C=O) groups excluding carboxylic acids is 2. The zero-order valence-electron chi connectivity index (χ0n) is 14.8. The summed E-state index contributed by atoms with van der Waals surface area (Å²) in [6.45, 7) is 3.16. The van der Waals surface area contributed by atoms with E-state index in [4.69, 9.17) is 9.47 Å². The van der Waals surface area contributed by atoms with Gasteiger partial charge in [-0.05, 0) is 43.9 Å². The second-order valence-electron chi connectivity index (χ2n) is 6.52. The zero-order valence-corrected chi connectivity index (χ0v) is 14.8. The molecule has 2 rings (SSSR count). The zero-order chi connectivity index (χ0) is 18.3. The molecule has 0 saturated heterocycles. The fourth-order valence-corrected chi connectivity index (χ4v) is 2.91. The number of aryl methyl sites for hydroxylation is 2. The van der Waals surface area contributed by atoms with E-state index in [9.17, 15) is 14.9 Å². The van der Waals surface area contributed by atoms with E-state index in [1.807, 2.05) is 32.0 Å². The monoisotopic (exact) mass is 344 g/mol. The third kappa shape index (κ3) is 5.49. The summed E-state index contributed by atoms with van der Waals surface area (Å²) >= 11 is 0. The third-order valence-corrected chi connectivity index (χ3v) is 4.35. The molecule has 1 aliphatic rings. The largest absolute Gasteiger partial charge is 0.482 e. The number of rotatable bonds is 6. The van der Waals surface area contributed by atoms with Gasteiger partial charge in [-0.25, -0.2) is 4.79 Å². The molecular formula is C19H24N2O4. The van der Waals surface area contributed by atoms with Crippen molar-refractivity contribution in [3.63, 3.8) is 0 Å². The highest BCUT2D eigenvalue weighted by Crippen LogP contribution is 2.27. The van der Waals surface area contributed by atoms with Crippen LogP contribution in [0.2, 0.25) is 0 Å². The van der Waals surface area contributed by atoms with Gasteiger partial charge < -0.3 is 14.8 Å². The predicted octanol–water partition coefficient (Wildman–Crippen LogP) is 2.57. The van der Waals surface area contributed by atoms with Gasteiger partial charge in [-0.1, -0.05) is 31.4 Å². The van der Waals surface area contributed by atoms with E-state index in [1.165, 1.54) is 0 Å². The van der Waals surface area contributed by atoms with Crippen molar-refractivity contribution in [2.24, 2.45) is 0 Å². The lowest BCUT2D eigenvalue weighted by Crippen LogP contribution is -2.50. The second kappa shape index (κ2) is 8.52. The number of amides is 1. The maximum absolute atomic E-state index is 12.0. The smallest absolute Gasteiger partial charge is 0.344 e. The molecular weight excluding hydrogens is 320 g/mol. The van der Waals surface area contributed by atoms with Crippen LogP contribution in [-0.4, -0.2) is 30.6 Å². The molecule has 0 bridgehead atoms. The standard InChI is InChI=1S/C19H24N2O4/c1-14-6-7-15(2)16(10-14)24-12-18(23)25-11-17(22)21-19(13-20)8-4-3-5-9-19/h6-7,10H,3-5,8-9,11-12H2,1-2H3,(H,21,22). The summed E-state index contributed by atoms with van der Waals surface area (Å²) in [7, 11) is 0. The number of carbonyl (C=O) groups is 2. The maximum atomic E-state index is 12.0. The summed E-state index contributed by atoms with van der Waals surface area (Å²) in [5.74, 6) is -0.457. The minimum absolute atomic E-state index is 0.263. The Labute approximate surface area is 148 Å². The molecule has 25 heavy (non-hydrogen) atoms. The summed E-state index contributed by atoms with van der Waals surface area (Å²) in [4.78, 5) is 23.7. The van der Waals surface area contributed by atoms with Gasteiger partial charge in [-0.2, -0.15) is 5.26 Å². The summed E-state index contributed by atoms with van der Waals surface area (Å²) in [5.41, 5.74) is 1.13. The van der Waals surface area contributed by atoms with Crippen molar-refractivity contribution in [1.29, 1.82) is 5.26 Å². The molecule has 1 aliphatic carbocycles. The van der Waals surface area contributed by atoms with E-state index in [0.717, 1.165) is 30.4 Å². The number of hydrogen-bond acceptors (Lipinski definition) is 5. The van der Waals surface area contributed by atoms with Crippen LogP contribution in [0.1, 0.15) is 43.2 Å². The van der Waals surface area contributed by atoms with Crippen LogP contribution in [-0.2, 0) is 14.3 Å². The molecule has 0 aromatic heterocycles. The lowest BCUT2D eigenvalue weighted by Gasteiger charge is -2.31. The van der Waals surface area contributed by atoms with Crippen molar-refractivity contribution in [3.05, 3.63) is 29.3 Å². The van der Waals surface area contributed by atoms with Crippen LogP contribution in [0.15, 0.2) is 18.2 Å². The molecule has 0 unspecified atom stereocenters. The van der Waals surface area contributed by atoms with E-state index in [0.29, 0.717) is 18.6 Å². The Kier molecular flexibility index (Phi) is 6.40. The Hall–Kier alpha value is -2.55. The number of nitrogens with zero attached hydrogens (tertiary/aromatic N) is 1. The predicted molar refractivity (Wildman–Crippen MR) is 91.9 cm³/mol. The molecule has 1 N–H and O–H groups in total. The number of ether oxygens (including phenoxy) is 2. The van der Waals surface area contributed by atoms with Crippen molar-refractivity contribution in [2.75, 3.05) is 13.2 Å². The molecule has 0 radical (unpaired) electrons. The van der Waals surface area contributed by atoms with Gasteiger partial charge in [0, 0.05) is 0 Å². The van der Waals surface area contributed by atoms with Crippen molar-refractivity contribution in [3.8, 4) is 11.8 Å². The highest BCUT2D eigenvalue weighted by molar-refractivity contribution is 5.81. The summed E-state index contributed by atoms with van der Waals surface area (Å²) in [6, 6.07) is 7.91. The van der Waals surface area contributed by atoms with Gasteiger partial charge in [0.15, 0.2) is 13.2 Å². The van der Waals surface area contributed by atoms with Gasteiger partial charge >= 0.3 is 5.97 Å². The molecule has 1 fully saturated rings. The molecule has 134 valence electrons. The van der Waals surface area contributed by atoms with Crippen LogP contribution in [0.4, 0.5) is 0 Å². The summed E-state index contributed by atoms with van der Waals surface area (Å²) < 4.78 is 10.4. The van der Waals surface area contributed by atoms with Gasteiger partial charge in [0.2, 0.25) is 0 Å². The molecule has 1 amide bonds. The van der Waals surface area contributed by atoms with Crippen LogP contribution < -0.4 is 10.1 Å². The van der Waals surface area contributed by atoms with Crippen LogP contribution >= 0.6 is 0 Å².